The zero-order valence-corrected chi connectivity index (χ0v) is 10.9. The SMILES string of the molecule is CCCCCC(=O)Nc1cccc(/C(C)=N/O)c1. The van der Waals surface area contributed by atoms with Crippen molar-refractivity contribution in [3.8, 4) is 0 Å². The smallest absolute Gasteiger partial charge is 0.224 e. The van der Waals surface area contributed by atoms with E-state index >= 15 is 0 Å². The number of carbonyl (C=O) groups is 1. The molecule has 4 nitrogen and oxygen atoms in total. The van der Waals surface area contributed by atoms with Crippen molar-refractivity contribution in [1.29, 1.82) is 0 Å². The van der Waals surface area contributed by atoms with Gasteiger partial charge in [0.15, 0.2) is 0 Å². The van der Waals surface area contributed by atoms with Crippen LogP contribution in [0.2, 0.25) is 0 Å². The van der Waals surface area contributed by atoms with Crippen molar-refractivity contribution < 1.29 is 10.0 Å². The maximum Gasteiger partial charge on any atom is 0.224 e. The highest BCUT2D eigenvalue weighted by atomic mass is 16.4. The van der Waals surface area contributed by atoms with Gasteiger partial charge in [-0.2, -0.15) is 0 Å². The number of hydrogen-bond donors (Lipinski definition) is 2. The molecule has 0 saturated heterocycles. The molecule has 1 aromatic carbocycles. The molecule has 0 saturated carbocycles. The third-order valence-electron chi connectivity index (χ3n) is 2.72. The Morgan fingerprint density at radius 3 is 2.83 bits per heavy atom. The molecule has 0 bridgehead atoms. The fourth-order valence-corrected chi connectivity index (χ4v) is 1.64. The predicted octanol–water partition coefficient (Wildman–Crippen LogP) is 3.40. The second-order valence-electron chi connectivity index (χ2n) is 4.27. The lowest BCUT2D eigenvalue weighted by Gasteiger charge is -2.06. The summed E-state index contributed by atoms with van der Waals surface area (Å²) in [6, 6.07) is 7.28. The van der Waals surface area contributed by atoms with Gasteiger partial charge in [-0.05, 0) is 25.5 Å². The zero-order valence-electron chi connectivity index (χ0n) is 10.9. The summed E-state index contributed by atoms with van der Waals surface area (Å²) >= 11 is 0. The van der Waals surface area contributed by atoms with Gasteiger partial charge in [0.1, 0.15) is 0 Å². The average molecular weight is 248 g/mol. The highest BCUT2D eigenvalue weighted by Crippen LogP contribution is 2.12. The first-order valence-corrected chi connectivity index (χ1v) is 6.26. The molecule has 0 radical (unpaired) electrons. The van der Waals surface area contributed by atoms with E-state index in [2.05, 4.69) is 17.4 Å². The van der Waals surface area contributed by atoms with E-state index in [1.807, 2.05) is 18.2 Å². The van der Waals surface area contributed by atoms with E-state index in [4.69, 9.17) is 5.21 Å². The van der Waals surface area contributed by atoms with Crippen LogP contribution in [-0.4, -0.2) is 16.8 Å². The van der Waals surface area contributed by atoms with Gasteiger partial charge >= 0.3 is 0 Å². The molecule has 2 N–H and O–H groups in total. The Morgan fingerprint density at radius 1 is 1.39 bits per heavy atom. The standard InChI is InChI=1S/C14H20N2O2/c1-3-4-5-9-14(17)15-13-8-6-7-12(10-13)11(2)16-18/h6-8,10,18H,3-5,9H2,1-2H3,(H,15,17)/b16-11+. The van der Waals surface area contributed by atoms with Gasteiger partial charge in [0, 0.05) is 17.7 Å². The molecule has 4 heteroatoms. The highest BCUT2D eigenvalue weighted by Gasteiger charge is 2.04. The number of unbranched alkanes of at least 4 members (excludes halogenated alkanes) is 2. The molecule has 0 unspecified atom stereocenters. The summed E-state index contributed by atoms with van der Waals surface area (Å²) < 4.78 is 0. The van der Waals surface area contributed by atoms with E-state index in [0.717, 1.165) is 30.5 Å². The highest BCUT2D eigenvalue weighted by molar-refractivity contribution is 6.00. The molecule has 0 aliphatic heterocycles. The van der Waals surface area contributed by atoms with Gasteiger partial charge in [0.05, 0.1) is 5.71 Å². The van der Waals surface area contributed by atoms with E-state index in [-0.39, 0.29) is 5.91 Å². The number of amides is 1. The van der Waals surface area contributed by atoms with Crippen molar-refractivity contribution in [2.24, 2.45) is 5.16 Å². The molecule has 0 fully saturated rings. The Balaban J connectivity index is 2.59. The van der Waals surface area contributed by atoms with E-state index in [9.17, 15) is 4.79 Å². The van der Waals surface area contributed by atoms with Gasteiger partial charge in [0.25, 0.3) is 0 Å². The van der Waals surface area contributed by atoms with Crippen molar-refractivity contribution in [3.63, 3.8) is 0 Å². The maximum absolute atomic E-state index is 11.6. The Kier molecular flexibility index (Phi) is 5.91. The summed E-state index contributed by atoms with van der Waals surface area (Å²) in [6.45, 7) is 3.82. The van der Waals surface area contributed by atoms with Gasteiger partial charge in [-0.25, -0.2) is 0 Å². The van der Waals surface area contributed by atoms with E-state index < -0.39 is 0 Å². The first-order valence-electron chi connectivity index (χ1n) is 6.26. The molecule has 98 valence electrons. The third-order valence-corrected chi connectivity index (χ3v) is 2.72. The average Bonchev–Trinajstić information content (AvgIpc) is 2.38. The fraction of sp³-hybridized carbons (Fsp3) is 0.429. The van der Waals surface area contributed by atoms with Crippen LogP contribution in [0.3, 0.4) is 0 Å². The Bertz CT molecular complexity index is 428. The molecule has 0 spiro atoms. The van der Waals surface area contributed by atoms with Crippen LogP contribution in [0, 0.1) is 0 Å². The number of carbonyl (C=O) groups excluding carboxylic acids is 1. The minimum Gasteiger partial charge on any atom is -0.411 e. The monoisotopic (exact) mass is 248 g/mol. The number of nitrogens with one attached hydrogen (secondary N) is 1. The van der Waals surface area contributed by atoms with Crippen LogP contribution in [0.5, 0.6) is 0 Å². The zero-order chi connectivity index (χ0) is 13.4. The van der Waals surface area contributed by atoms with Gasteiger partial charge in [-0.1, -0.05) is 37.1 Å². The van der Waals surface area contributed by atoms with Gasteiger partial charge < -0.3 is 10.5 Å². The maximum atomic E-state index is 11.6. The number of nitrogens with zero attached hydrogens (tertiary/aromatic N) is 1. The molecular formula is C14H20N2O2. The van der Waals surface area contributed by atoms with Crippen LogP contribution in [-0.2, 0) is 4.79 Å². The Morgan fingerprint density at radius 2 is 2.17 bits per heavy atom. The molecule has 0 aromatic heterocycles. The van der Waals surface area contributed by atoms with Crippen molar-refractivity contribution >= 4 is 17.3 Å². The van der Waals surface area contributed by atoms with Gasteiger partial charge in [0.2, 0.25) is 5.91 Å². The summed E-state index contributed by atoms with van der Waals surface area (Å²) in [5.41, 5.74) is 2.05. The number of benzene rings is 1. The van der Waals surface area contributed by atoms with Gasteiger partial charge in [-0.15, -0.1) is 0 Å². The Labute approximate surface area is 108 Å². The lowest BCUT2D eigenvalue weighted by atomic mass is 10.1. The van der Waals surface area contributed by atoms with Crippen LogP contribution >= 0.6 is 0 Å². The van der Waals surface area contributed by atoms with Crippen LogP contribution in [0.4, 0.5) is 5.69 Å². The molecule has 0 heterocycles. The summed E-state index contributed by atoms with van der Waals surface area (Å²) in [5.74, 6) is 0.0270. The minimum absolute atomic E-state index is 0.0270. The van der Waals surface area contributed by atoms with Crippen LogP contribution in [0.15, 0.2) is 29.4 Å². The lowest BCUT2D eigenvalue weighted by Crippen LogP contribution is -2.11. The van der Waals surface area contributed by atoms with Crippen molar-refractivity contribution in [2.75, 3.05) is 5.32 Å². The van der Waals surface area contributed by atoms with E-state index in [1.165, 1.54) is 0 Å². The molecule has 1 aromatic rings. The number of rotatable bonds is 6. The molecule has 0 aliphatic rings. The van der Waals surface area contributed by atoms with Crippen LogP contribution < -0.4 is 5.32 Å². The molecule has 18 heavy (non-hydrogen) atoms. The second-order valence-corrected chi connectivity index (χ2v) is 4.27. The molecule has 0 atom stereocenters. The molecular weight excluding hydrogens is 228 g/mol. The fourth-order valence-electron chi connectivity index (χ4n) is 1.64. The topological polar surface area (TPSA) is 61.7 Å². The Hall–Kier alpha value is -1.84. The minimum atomic E-state index is 0.0270. The van der Waals surface area contributed by atoms with Crippen molar-refractivity contribution in [1.82, 2.24) is 0 Å². The van der Waals surface area contributed by atoms with Gasteiger partial charge in [-0.3, -0.25) is 4.79 Å². The van der Waals surface area contributed by atoms with Crippen LogP contribution in [0.1, 0.15) is 45.1 Å². The number of hydrogen-bond acceptors (Lipinski definition) is 3. The molecule has 0 aliphatic carbocycles. The second kappa shape index (κ2) is 7.48. The molecule has 1 rings (SSSR count). The summed E-state index contributed by atoms with van der Waals surface area (Å²) in [4.78, 5) is 11.6. The third kappa shape index (κ3) is 4.57. The van der Waals surface area contributed by atoms with E-state index in [1.54, 1.807) is 13.0 Å². The van der Waals surface area contributed by atoms with E-state index in [0.29, 0.717) is 12.1 Å². The number of oxime groups is 1. The van der Waals surface area contributed by atoms with Crippen molar-refractivity contribution in [2.45, 2.75) is 39.5 Å². The van der Waals surface area contributed by atoms with Crippen LogP contribution in [0.25, 0.3) is 0 Å². The van der Waals surface area contributed by atoms with Crippen molar-refractivity contribution in [3.05, 3.63) is 29.8 Å². The lowest BCUT2D eigenvalue weighted by molar-refractivity contribution is -0.116. The normalized spacial score (nSPS) is 11.3. The quantitative estimate of drug-likeness (QED) is 0.351. The molecule has 1 amide bonds. The largest absolute Gasteiger partial charge is 0.411 e. The summed E-state index contributed by atoms with van der Waals surface area (Å²) in [6.07, 6.45) is 3.64. The first-order chi connectivity index (χ1) is 8.67. The summed E-state index contributed by atoms with van der Waals surface area (Å²) in [5, 5.41) is 14.7. The number of anilines is 1. The first kappa shape index (κ1) is 14.2. The summed E-state index contributed by atoms with van der Waals surface area (Å²) in [7, 11) is 0. The predicted molar refractivity (Wildman–Crippen MR) is 73.2 cm³/mol.